The van der Waals surface area contributed by atoms with Crippen LogP contribution in [0.4, 0.5) is 0 Å². The van der Waals surface area contributed by atoms with Gasteiger partial charge in [-0.2, -0.15) is 5.10 Å². The van der Waals surface area contributed by atoms with Crippen LogP contribution >= 0.6 is 0 Å². The van der Waals surface area contributed by atoms with Crippen LogP contribution in [0.5, 0.6) is 11.5 Å². The number of aromatic amines is 2. The third-order valence-corrected chi connectivity index (χ3v) is 5.82. The predicted molar refractivity (Wildman–Crippen MR) is 130 cm³/mol. The second kappa shape index (κ2) is 9.23. The lowest BCUT2D eigenvalue weighted by Crippen LogP contribution is -2.10. The molecule has 0 fully saturated rings. The Kier molecular flexibility index (Phi) is 5.82. The maximum atomic E-state index is 11.5. The summed E-state index contributed by atoms with van der Waals surface area (Å²) in [5.41, 5.74) is 3.69. The van der Waals surface area contributed by atoms with Crippen LogP contribution < -0.4 is 4.74 Å². The number of aromatic nitrogens is 4. The number of ether oxygens (including phenoxy) is 1. The molecule has 0 aliphatic rings. The normalized spacial score (nSPS) is 12.0. The fraction of sp³-hybridized carbons (Fsp3) is 0.148. The molecule has 1 unspecified atom stereocenters. The zero-order chi connectivity index (χ0) is 23.5. The molecule has 7 heteroatoms. The first-order valence-corrected chi connectivity index (χ1v) is 11.2. The average Bonchev–Trinajstić information content (AvgIpc) is 3.49. The van der Waals surface area contributed by atoms with E-state index in [0.717, 1.165) is 33.3 Å². The Morgan fingerprint density at radius 1 is 1.03 bits per heavy atom. The Morgan fingerprint density at radius 3 is 2.74 bits per heavy atom. The van der Waals surface area contributed by atoms with Gasteiger partial charge in [0.15, 0.2) is 5.82 Å². The number of nitrogens with zero attached hydrogens (tertiary/aromatic N) is 2. The molecule has 5 rings (SSSR count). The summed E-state index contributed by atoms with van der Waals surface area (Å²) in [5, 5.41) is 17.9. The van der Waals surface area contributed by atoms with E-state index in [0.29, 0.717) is 30.2 Å². The molecule has 5 aromatic rings. The van der Waals surface area contributed by atoms with Gasteiger partial charge < -0.3 is 14.8 Å². The molecule has 0 amide bonds. The van der Waals surface area contributed by atoms with E-state index in [1.54, 1.807) is 0 Å². The number of carboxylic acids is 1. The van der Waals surface area contributed by atoms with E-state index >= 15 is 0 Å². The summed E-state index contributed by atoms with van der Waals surface area (Å²) < 4.78 is 6.06. The highest BCUT2D eigenvalue weighted by atomic mass is 16.5. The molecule has 3 N–H and O–H groups in total. The number of aliphatic carboxylic acids is 1. The van der Waals surface area contributed by atoms with Crippen molar-refractivity contribution in [2.75, 3.05) is 0 Å². The molecule has 0 spiro atoms. The third-order valence-electron chi connectivity index (χ3n) is 5.82. The van der Waals surface area contributed by atoms with Crippen LogP contribution in [0.15, 0.2) is 79.0 Å². The van der Waals surface area contributed by atoms with E-state index in [-0.39, 0.29) is 0 Å². The van der Waals surface area contributed by atoms with E-state index in [1.165, 1.54) is 0 Å². The van der Waals surface area contributed by atoms with Gasteiger partial charge in [0, 0.05) is 29.1 Å². The number of carbonyl (C=O) groups is 1. The Morgan fingerprint density at radius 2 is 1.88 bits per heavy atom. The van der Waals surface area contributed by atoms with Crippen LogP contribution in [-0.4, -0.2) is 31.2 Å². The van der Waals surface area contributed by atoms with Gasteiger partial charge in [-0.05, 0) is 53.9 Å². The maximum absolute atomic E-state index is 11.5. The van der Waals surface area contributed by atoms with Crippen LogP contribution in [0.3, 0.4) is 0 Å². The second-order valence-electron chi connectivity index (χ2n) is 8.18. The monoisotopic (exact) mass is 452 g/mol. The summed E-state index contributed by atoms with van der Waals surface area (Å²) in [6, 6.07) is 23.2. The van der Waals surface area contributed by atoms with Crippen LogP contribution in [0.1, 0.15) is 36.2 Å². The molecule has 0 bridgehead atoms. The molecule has 1 atom stereocenters. The SMILES string of the molecule is CCC(C(=O)O)c1cccc(Cc2nc(-c3cccc(Oc4ccc5[nH]ccc5c4)c3)n[nH]2)c1. The molecular weight excluding hydrogens is 428 g/mol. The molecule has 2 heterocycles. The number of hydrogen-bond acceptors (Lipinski definition) is 4. The van der Waals surface area contributed by atoms with Gasteiger partial charge in [0.2, 0.25) is 0 Å². The number of rotatable bonds is 8. The standard InChI is InChI=1S/C27H24N4O3/c1-2-23(27(32)33)18-6-3-5-17(13-18)14-25-29-26(31-30-25)20-7-4-8-21(16-20)34-22-9-10-24-19(15-22)11-12-28-24/h3-13,15-16,23,28H,2,14H2,1H3,(H,32,33)(H,29,30,31). The molecule has 170 valence electrons. The summed E-state index contributed by atoms with van der Waals surface area (Å²) in [5.74, 6) is 1.43. The molecule has 0 saturated heterocycles. The molecule has 0 saturated carbocycles. The number of carboxylic acid groups (broad SMARTS) is 1. The molecule has 7 nitrogen and oxygen atoms in total. The van der Waals surface area contributed by atoms with Crippen molar-refractivity contribution < 1.29 is 14.6 Å². The molecule has 2 aromatic heterocycles. The molecule has 3 aromatic carbocycles. The smallest absolute Gasteiger partial charge is 0.310 e. The lowest BCUT2D eigenvalue weighted by atomic mass is 9.94. The second-order valence-corrected chi connectivity index (χ2v) is 8.18. The minimum atomic E-state index is -0.809. The minimum Gasteiger partial charge on any atom is -0.481 e. The molecular formula is C27H24N4O3. The summed E-state index contributed by atoms with van der Waals surface area (Å²) in [6.07, 6.45) is 2.98. The summed E-state index contributed by atoms with van der Waals surface area (Å²) in [7, 11) is 0. The van der Waals surface area contributed by atoms with Gasteiger partial charge in [-0.1, -0.05) is 43.3 Å². The van der Waals surface area contributed by atoms with Crippen molar-refractivity contribution in [3.63, 3.8) is 0 Å². The van der Waals surface area contributed by atoms with Crippen molar-refractivity contribution >= 4 is 16.9 Å². The topological polar surface area (TPSA) is 104 Å². The van der Waals surface area contributed by atoms with Crippen molar-refractivity contribution in [3.8, 4) is 22.9 Å². The fourth-order valence-electron chi connectivity index (χ4n) is 4.10. The molecule has 0 aliphatic heterocycles. The largest absolute Gasteiger partial charge is 0.481 e. The maximum Gasteiger partial charge on any atom is 0.310 e. The summed E-state index contributed by atoms with van der Waals surface area (Å²) >= 11 is 0. The quantitative estimate of drug-likeness (QED) is 0.271. The van der Waals surface area contributed by atoms with Gasteiger partial charge in [-0.25, -0.2) is 4.98 Å². The van der Waals surface area contributed by atoms with Gasteiger partial charge in [-0.15, -0.1) is 0 Å². The average molecular weight is 453 g/mol. The van der Waals surface area contributed by atoms with E-state index in [4.69, 9.17) is 4.74 Å². The van der Waals surface area contributed by atoms with Gasteiger partial charge in [0.05, 0.1) is 5.92 Å². The number of fused-ring (bicyclic) bond motifs is 1. The number of hydrogen-bond donors (Lipinski definition) is 3. The van der Waals surface area contributed by atoms with Crippen molar-refractivity contribution in [2.45, 2.75) is 25.7 Å². The van der Waals surface area contributed by atoms with Crippen molar-refractivity contribution in [1.82, 2.24) is 20.2 Å². The van der Waals surface area contributed by atoms with Crippen LogP contribution in [0.25, 0.3) is 22.3 Å². The van der Waals surface area contributed by atoms with E-state index in [9.17, 15) is 9.90 Å². The van der Waals surface area contributed by atoms with Gasteiger partial charge in [-0.3, -0.25) is 9.89 Å². The predicted octanol–water partition coefficient (Wildman–Crippen LogP) is 5.91. The highest BCUT2D eigenvalue weighted by Crippen LogP contribution is 2.28. The van der Waals surface area contributed by atoms with E-state index < -0.39 is 11.9 Å². The van der Waals surface area contributed by atoms with Crippen LogP contribution in [-0.2, 0) is 11.2 Å². The van der Waals surface area contributed by atoms with Crippen molar-refractivity contribution in [1.29, 1.82) is 0 Å². The Labute approximate surface area is 196 Å². The Balaban J connectivity index is 1.32. The van der Waals surface area contributed by atoms with Crippen LogP contribution in [0.2, 0.25) is 0 Å². The number of benzene rings is 3. The highest BCUT2D eigenvalue weighted by molar-refractivity contribution is 5.80. The van der Waals surface area contributed by atoms with Crippen LogP contribution in [0, 0.1) is 0 Å². The first-order chi connectivity index (χ1) is 16.6. The first-order valence-electron chi connectivity index (χ1n) is 11.2. The first kappa shape index (κ1) is 21.5. The lowest BCUT2D eigenvalue weighted by molar-refractivity contribution is -0.138. The van der Waals surface area contributed by atoms with E-state index in [2.05, 4.69) is 20.2 Å². The lowest BCUT2D eigenvalue weighted by Gasteiger charge is -2.11. The molecule has 0 radical (unpaired) electrons. The third kappa shape index (κ3) is 4.54. The fourth-order valence-corrected chi connectivity index (χ4v) is 4.10. The Hall–Kier alpha value is -4.39. The molecule has 34 heavy (non-hydrogen) atoms. The number of nitrogens with one attached hydrogen (secondary N) is 2. The summed E-state index contributed by atoms with van der Waals surface area (Å²) in [6.45, 7) is 1.88. The van der Waals surface area contributed by atoms with Gasteiger partial charge >= 0.3 is 5.97 Å². The van der Waals surface area contributed by atoms with Crippen molar-refractivity contribution in [3.05, 3.63) is 95.9 Å². The van der Waals surface area contributed by atoms with E-state index in [1.807, 2.05) is 85.9 Å². The minimum absolute atomic E-state index is 0.508. The van der Waals surface area contributed by atoms with Crippen molar-refractivity contribution in [2.24, 2.45) is 0 Å². The zero-order valence-corrected chi connectivity index (χ0v) is 18.7. The van der Waals surface area contributed by atoms with Gasteiger partial charge in [0.1, 0.15) is 17.3 Å². The Bertz CT molecular complexity index is 1450. The molecule has 0 aliphatic carbocycles. The highest BCUT2D eigenvalue weighted by Gasteiger charge is 2.18. The summed E-state index contributed by atoms with van der Waals surface area (Å²) in [4.78, 5) is 19.3. The van der Waals surface area contributed by atoms with Gasteiger partial charge in [0.25, 0.3) is 0 Å². The zero-order valence-electron chi connectivity index (χ0n) is 18.7. The number of H-pyrrole nitrogens is 2.